The molecule has 91 heavy (non-hydrogen) atoms. The van der Waals surface area contributed by atoms with E-state index in [9.17, 15) is 45.9 Å². The number of ether oxygens (including phenoxy) is 2. The van der Waals surface area contributed by atoms with E-state index in [1.165, 1.54) is 84.9 Å². The second-order valence-corrected chi connectivity index (χ2v) is 25.3. The highest BCUT2D eigenvalue weighted by Gasteiger charge is 2.27. The molecule has 0 aliphatic carbocycles. The normalized spacial score (nSPS) is 11.6. The number of anilines is 7. The lowest BCUT2D eigenvalue weighted by atomic mass is 9.78. The summed E-state index contributed by atoms with van der Waals surface area (Å²) in [5, 5.41) is 13.6. The molecule has 8 rings (SSSR count). The van der Waals surface area contributed by atoms with Crippen molar-refractivity contribution in [2.45, 2.75) is 69.8 Å². The molecule has 0 fully saturated rings. The molecule has 8 aromatic rings. The first kappa shape index (κ1) is 66.1. The number of aliphatic hydroxyl groups excluding tert-OH is 1. The lowest BCUT2D eigenvalue weighted by Gasteiger charge is -2.26. The van der Waals surface area contributed by atoms with Gasteiger partial charge < -0.3 is 29.7 Å². The summed E-state index contributed by atoms with van der Waals surface area (Å²) in [5.74, 6) is -5.05. The Kier molecular flexibility index (Phi) is 20.4. The van der Waals surface area contributed by atoms with Gasteiger partial charge in [-0.1, -0.05) is 50.2 Å². The maximum atomic E-state index is 13.6. The number of carbonyl (C=O) groups excluding carboxylic acids is 5. The number of nitrogens with zero attached hydrogens (tertiary/aromatic N) is 5. The van der Waals surface area contributed by atoms with Gasteiger partial charge in [0.15, 0.2) is 24.8 Å². The van der Waals surface area contributed by atoms with Crippen LogP contribution in [-0.2, 0) is 62.5 Å². The summed E-state index contributed by atoms with van der Waals surface area (Å²) in [4.78, 5) is 72.3. The van der Waals surface area contributed by atoms with Gasteiger partial charge in [-0.15, -0.1) is 0 Å². The molecule has 8 N–H and O–H groups in total. The molecule has 2 heterocycles. The number of hydrogen-bond donors (Lipinski definition) is 8. The second-order valence-electron chi connectivity index (χ2n) is 22.0. The van der Waals surface area contributed by atoms with Crippen molar-refractivity contribution < 1.29 is 64.5 Å². The zero-order valence-corrected chi connectivity index (χ0v) is 53.2. The van der Waals surface area contributed by atoms with Crippen LogP contribution < -0.4 is 64.9 Å². The molecule has 26 heteroatoms. The fourth-order valence-electron chi connectivity index (χ4n) is 9.35. The molecule has 6 aromatic carbocycles. The zero-order valence-electron chi connectivity index (χ0n) is 51.6. The van der Waals surface area contributed by atoms with Crippen LogP contribution >= 0.6 is 0 Å². The maximum absolute atomic E-state index is 13.6. The number of pyridine rings is 2. The average molecular weight is 1280 g/mol. The van der Waals surface area contributed by atoms with Gasteiger partial charge >= 0.3 is 23.8 Å². The van der Waals surface area contributed by atoms with E-state index in [1.54, 1.807) is 98.0 Å². The van der Waals surface area contributed by atoms with Crippen molar-refractivity contribution in [1.82, 2.24) is 10.9 Å². The van der Waals surface area contributed by atoms with E-state index in [-0.39, 0.29) is 57.6 Å². The molecule has 0 saturated heterocycles. The predicted molar refractivity (Wildman–Crippen MR) is 346 cm³/mol. The van der Waals surface area contributed by atoms with E-state index in [4.69, 9.17) is 9.47 Å². The van der Waals surface area contributed by atoms with Gasteiger partial charge in [0.05, 0.1) is 26.9 Å². The number of esters is 2. The molecule has 0 aliphatic heterocycles. The molecule has 0 spiro atoms. The zero-order chi connectivity index (χ0) is 66.0. The van der Waals surface area contributed by atoms with E-state index in [2.05, 4.69) is 41.5 Å². The molecule has 0 bridgehead atoms. The molecule has 0 unspecified atom stereocenters. The molecule has 0 aliphatic rings. The van der Waals surface area contributed by atoms with Crippen molar-refractivity contribution >= 4 is 101 Å². The Morgan fingerprint density at radius 3 is 1.31 bits per heavy atom. The summed E-state index contributed by atoms with van der Waals surface area (Å²) < 4.78 is 73.6. The van der Waals surface area contributed by atoms with Crippen molar-refractivity contribution in [2.75, 3.05) is 63.6 Å². The van der Waals surface area contributed by atoms with Crippen LogP contribution in [0.2, 0.25) is 0 Å². The number of aliphatic hydroxyl groups is 1. The largest absolute Gasteiger partial charge is 0.492 e. The Balaban J connectivity index is 0.766. The van der Waals surface area contributed by atoms with E-state index in [0.29, 0.717) is 45.0 Å². The minimum atomic E-state index is -4.13. The number of sulfonamides is 2. The molecule has 0 radical (unpaired) electrons. The van der Waals surface area contributed by atoms with Crippen LogP contribution in [0.3, 0.4) is 0 Å². The van der Waals surface area contributed by atoms with Gasteiger partial charge in [-0.2, -0.15) is 9.13 Å². The smallest absolute Gasteiger partial charge is 0.403 e. The number of rotatable bonds is 22. The van der Waals surface area contributed by atoms with Crippen LogP contribution in [0.1, 0.15) is 47.2 Å². The molecule has 3 amide bonds. The van der Waals surface area contributed by atoms with E-state index < -0.39 is 49.2 Å². The highest BCUT2D eigenvalue weighted by Crippen LogP contribution is 2.35. The van der Waals surface area contributed by atoms with Crippen LogP contribution in [0, 0.1) is 27.7 Å². The van der Waals surface area contributed by atoms with Gasteiger partial charge in [-0.25, -0.2) is 31.4 Å². The second kappa shape index (κ2) is 28.1. The van der Waals surface area contributed by atoms with Crippen LogP contribution in [0.15, 0.2) is 185 Å². The van der Waals surface area contributed by atoms with Crippen molar-refractivity contribution in [3.63, 3.8) is 0 Å². The third-order valence-corrected chi connectivity index (χ3v) is 17.6. The Hall–Kier alpha value is -10.9. The molecular formula is C65H70N12O12S2+2. The van der Waals surface area contributed by atoms with Gasteiger partial charge in [0.1, 0.15) is 11.5 Å². The van der Waals surface area contributed by atoms with Crippen molar-refractivity contribution in [3.8, 4) is 11.5 Å². The molecule has 24 nitrogen and oxygen atoms in total. The van der Waals surface area contributed by atoms with Crippen molar-refractivity contribution in [1.29, 1.82) is 0 Å². The fraction of sp³-hybridized carbons (Fsp3) is 0.200. The SMILES string of the molecule is Cc1ccc(S(=O)(=O)Nc2ccc(NNC(=O)C(=O)Oc3ccc(C(C)(C)c4ccc(OC(=O)C(=O)NNc5ccc(NS(=O)(=O)c6ccc(C)c(NC(=O)C[n+]7ccc(N(C)C)cc7)c6C)cc5)cc4)cc3)cc2)c(C)c1N=C(O)C[n+]1ccc(N(C)C)cc1. The van der Waals surface area contributed by atoms with Crippen LogP contribution in [0.4, 0.5) is 45.5 Å². The number of amides is 3. The number of nitrogens with one attached hydrogen (secondary N) is 7. The average Bonchev–Trinajstić information content (AvgIpc) is 1.19. The Morgan fingerprint density at radius 2 is 0.890 bits per heavy atom. The quantitative estimate of drug-likeness (QED) is 0.00617. The first-order valence-corrected chi connectivity index (χ1v) is 31.2. The number of benzene rings is 6. The Morgan fingerprint density at radius 1 is 0.505 bits per heavy atom. The Bertz CT molecular complexity index is 4280. The number of hydrogen-bond acceptors (Lipinski definition) is 16. The summed E-state index contributed by atoms with van der Waals surface area (Å²) >= 11 is 0. The predicted octanol–water partition coefficient (Wildman–Crippen LogP) is 7.58. The van der Waals surface area contributed by atoms with Crippen LogP contribution in [0.5, 0.6) is 11.5 Å². The van der Waals surface area contributed by atoms with Gasteiger partial charge in [0.25, 0.3) is 31.9 Å². The number of aromatic nitrogens is 2. The monoisotopic (exact) mass is 1270 g/mol. The Labute approximate surface area is 527 Å². The highest BCUT2D eigenvalue weighted by atomic mass is 32.2. The van der Waals surface area contributed by atoms with E-state index >= 15 is 0 Å². The fourth-order valence-corrected chi connectivity index (χ4v) is 12.0. The molecule has 2 aromatic heterocycles. The summed E-state index contributed by atoms with van der Waals surface area (Å²) in [7, 11) is -0.595. The first-order valence-electron chi connectivity index (χ1n) is 28.2. The van der Waals surface area contributed by atoms with E-state index in [0.717, 1.165) is 22.5 Å². The summed E-state index contributed by atoms with van der Waals surface area (Å²) in [5.41, 5.74) is 16.4. The molecule has 0 atom stereocenters. The van der Waals surface area contributed by atoms with Gasteiger partial charge in [0, 0.05) is 86.3 Å². The first-order chi connectivity index (χ1) is 43.1. The molecule has 472 valence electrons. The minimum Gasteiger partial charge on any atom is -0.492 e. The highest BCUT2D eigenvalue weighted by molar-refractivity contribution is 7.93. The standard InChI is InChI=1S/C65H68N12O12S2/c1-41-11-29-55(43(3)59(41)66-57(78)39-76-35-31-51(32-36-76)74(7)8)90(84,85)72-49-21-17-47(18-22-49)68-70-61(80)63(82)88-53-25-13-45(14-26-53)65(5,6)46-15-27-54(28-16-46)89-64(83)62(81)71-69-48-19-23-50(24-20-48)73-91(86,87)56-30-12-42(2)60(44(56)4)67-58(79)40-77-37-33-52(34-38-77)75(9)10/h11-38H,39-40H2,1-10H3,(H6-2,66,67,68,69,70,71,72,73,78,79,80,81,82,83)/p+2. The third-order valence-electron chi connectivity index (χ3n) is 14.6. The number of carbonyl (C=O) groups is 5. The molecular weight excluding hydrogens is 1200 g/mol. The molecule has 0 saturated carbocycles. The summed E-state index contributed by atoms with van der Waals surface area (Å²) in [6.07, 6.45) is 7.18. The van der Waals surface area contributed by atoms with Gasteiger partial charge in [-0.05, 0) is 146 Å². The van der Waals surface area contributed by atoms with Gasteiger partial charge in [0.2, 0.25) is 13.1 Å². The summed E-state index contributed by atoms with van der Waals surface area (Å²) in [6, 6.07) is 38.4. The minimum absolute atomic E-state index is 0.0129. The lowest BCUT2D eigenvalue weighted by Crippen LogP contribution is -2.39. The van der Waals surface area contributed by atoms with Crippen molar-refractivity contribution in [2.24, 2.45) is 4.99 Å². The number of hydrazine groups is 2. The lowest BCUT2D eigenvalue weighted by molar-refractivity contribution is -0.684. The van der Waals surface area contributed by atoms with Crippen molar-refractivity contribution in [3.05, 3.63) is 204 Å². The topological polar surface area (TPSA) is 303 Å². The maximum Gasteiger partial charge on any atom is 0.403 e. The third kappa shape index (κ3) is 16.9. The van der Waals surface area contributed by atoms with Crippen LogP contribution in [-0.4, -0.2) is 85.7 Å². The van der Waals surface area contributed by atoms with Gasteiger partial charge in [-0.3, -0.25) is 45.5 Å². The number of aryl methyl sites for hydroxylation is 2. The summed E-state index contributed by atoms with van der Waals surface area (Å²) in [6.45, 7) is 10.7. The van der Waals surface area contributed by atoms with Crippen LogP contribution in [0.25, 0.3) is 0 Å². The number of aliphatic imine (C=N–C) groups is 1. The van der Waals surface area contributed by atoms with E-state index in [1.807, 2.05) is 76.1 Å².